The van der Waals surface area contributed by atoms with E-state index in [0.29, 0.717) is 23.8 Å². The van der Waals surface area contributed by atoms with Gasteiger partial charge < -0.3 is 13.9 Å². The summed E-state index contributed by atoms with van der Waals surface area (Å²) in [4.78, 5) is 27.8. The molecule has 0 N–H and O–H groups in total. The van der Waals surface area contributed by atoms with E-state index in [1.54, 1.807) is 29.9 Å². The number of ether oxygens (including phenoxy) is 2. The maximum absolute atomic E-state index is 13.4. The second-order valence-corrected chi connectivity index (χ2v) is 7.10. The Labute approximate surface area is 172 Å². The lowest BCUT2D eigenvalue weighted by Crippen LogP contribution is -2.57. The molecule has 1 aromatic heterocycles. The van der Waals surface area contributed by atoms with Crippen molar-refractivity contribution in [2.45, 2.75) is 19.2 Å². The molecule has 150 valence electrons. The van der Waals surface area contributed by atoms with E-state index in [9.17, 15) is 9.59 Å². The quantitative estimate of drug-likeness (QED) is 0.612. The molecule has 0 fully saturated rings. The van der Waals surface area contributed by atoms with Crippen molar-refractivity contribution >= 4 is 17.6 Å². The highest BCUT2D eigenvalue weighted by atomic mass is 16.5. The third-order valence-corrected chi connectivity index (χ3v) is 5.29. The number of furan rings is 1. The highest BCUT2D eigenvalue weighted by Gasteiger charge is 2.53. The molecule has 0 saturated carbocycles. The van der Waals surface area contributed by atoms with Gasteiger partial charge in [-0.2, -0.15) is 9.37 Å². The average Bonchev–Trinajstić information content (AvgIpc) is 3.42. The predicted octanol–water partition coefficient (Wildman–Crippen LogP) is 3.21. The number of para-hydroxylation sites is 1. The van der Waals surface area contributed by atoms with Gasteiger partial charge in [0.2, 0.25) is 0 Å². The first-order valence-electron chi connectivity index (χ1n) is 9.57. The number of nitrogens with zero attached hydrogens (tertiary/aromatic N) is 2. The van der Waals surface area contributed by atoms with Crippen LogP contribution in [0.25, 0.3) is 0 Å². The molecule has 2 aliphatic heterocycles. The van der Waals surface area contributed by atoms with Crippen molar-refractivity contribution < 1.29 is 28.1 Å². The predicted molar refractivity (Wildman–Crippen MR) is 107 cm³/mol. The summed E-state index contributed by atoms with van der Waals surface area (Å²) >= 11 is 0. The smallest absolute Gasteiger partial charge is 0.497 e. The summed E-state index contributed by atoms with van der Waals surface area (Å²) in [7, 11) is 1.61. The van der Waals surface area contributed by atoms with E-state index in [1.807, 2.05) is 42.5 Å². The molecule has 5 rings (SSSR count). The molecule has 7 heteroatoms. The Bertz CT molecular complexity index is 1150. The third kappa shape index (κ3) is 2.95. The summed E-state index contributed by atoms with van der Waals surface area (Å²) in [5.74, 6) is 1.46. The second kappa shape index (κ2) is 7.18. The van der Waals surface area contributed by atoms with Crippen LogP contribution in [0.4, 0.5) is 4.79 Å². The number of rotatable bonds is 5. The third-order valence-electron chi connectivity index (χ3n) is 5.29. The van der Waals surface area contributed by atoms with Gasteiger partial charge in [-0.3, -0.25) is 0 Å². The summed E-state index contributed by atoms with van der Waals surface area (Å²) in [6.07, 6.45) is 0.649. The largest absolute Gasteiger partial charge is 0.501 e. The molecular weight excluding hydrogens is 384 g/mol. The molecule has 3 amide bonds. The van der Waals surface area contributed by atoms with Gasteiger partial charge in [-0.1, -0.05) is 24.3 Å². The van der Waals surface area contributed by atoms with Gasteiger partial charge in [0.15, 0.2) is 12.3 Å². The Morgan fingerprint density at radius 1 is 1.03 bits per heavy atom. The molecule has 0 saturated heterocycles. The Balaban J connectivity index is 1.59. The lowest BCUT2D eigenvalue weighted by molar-refractivity contribution is -0.457. The fourth-order valence-electron chi connectivity index (χ4n) is 3.81. The zero-order valence-corrected chi connectivity index (χ0v) is 16.3. The van der Waals surface area contributed by atoms with Gasteiger partial charge in [0.05, 0.1) is 18.9 Å². The van der Waals surface area contributed by atoms with Crippen LogP contribution >= 0.6 is 0 Å². The molecular formula is C23H19N2O5+. The van der Waals surface area contributed by atoms with Crippen LogP contribution in [-0.2, 0) is 17.9 Å². The second-order valence-electron chi connectivity index (χ2n) is 7.10. The monoisotopic (exact) mass is 403 g/mol. The maximum atomic E-state index is 13.4. The fourth-order valence-corrected chi connectivity index (χ4v) is 3.81. The number of benzene rings is 2. The molecule has 0 aliphatic carbocycles. The summed E-state index contributed by atoms with van der Waals surface area (Å²) in [5.41, 5.74) is 2.24. The number of fused-ring (bicyclic) bond motifs is 3. The van der Waals surface area contributed by atoms with Crippen LogP contribution in [-0.4, -0.2) is 40.3 Å². The summed E-state index contributed by atoms with van der Waals surface area (Å²) in [5, 5.41) is 0. The van der Waals surface area contributed by atoms with Gasteiger partial charge in [-0.25, -0.2) is 4.79 Å². The van der Waals surface area contributed by atoms with Crippen LogP contribution in [0.5, 0.6) is 11.5 Å². The molecule has 0 spiro atoms. The van der Waals surface area contributed by atoms with E-state index in [-0.39, 0.29) is 6.54 Å². The van der Waals surface area contributed by atoms with Gasteiger partial charge in [0.1, 0.15) is 23.8 Å². The van der Waals surface area contributed by atoms with Crippen molar-refractivity contribution in [3.05, 3.63) is 83.8 Å². The van der Waals surface area contributed by atoms with Gasteiger partial charge in [0, 0.05) is 0 Å². The van der Waals surface area contributed by atoms with Crippen LogP contribution in [0.1, 0.15) is 16.9 Å². The van der Waals surface area contributed by atoms with Crippen LogP contribution in [0.2, 0.25) is 0 Å². The molecule has 3 aromatic rings. The molecule has 7 nitrogen and oxygen atoms in total. The van der Waals surface area contributed by atoms with Crippen molar-refractivity contribution in [2.75, 3.05) is 7.11 Å². The SMILES string of the molecule is COc1ccc(C[N+]2=C3c4ccccc4OC3C(=O)N(Cc3ccco3)C2=O)cc1. The van der Waals surface area contributed by atoms with Gasteiger partial charge >= 0.3 is 11.9 Å². The number of hydrogen-bond acceptors (Lipinski definition) is 5. The van der Waals surface area contributed by atoms with Gasteiger partial charge in [-0.15, -0.1) is 4.90 Å². The molecule has 2 aliphatic rings. The Morgan fingerprint density at radius 2 is 1.83 bits per heavy atom. The lowest BCUT2D eigenvalue weighted by atomic mass is 10.0. The molecule has 30 heavy (non-hydrogen) atoms. The van der Waals surface area contributed by atoms with Crippen LogP contribution in [0.3, 0.4) is 0 Å². The summed E-state index contributed by atoms with van der Waals surface area (Å²) in [6.45, 7) is 0.349. The first-order valence-corrected chi connectivity index (χ1v) is 9.57. The van der Waals surface area contributed by atoms with Gasteiger partial charge in [0.25, 0.3) is 6.10 Å². The van der Waals surface area contributed by atoms with Crippen LogP contribution in [0.15, 0.2) is 71.3 Å². The Hall–Kier alpha value is -3.87. The van der Waals surface area contributed by atoms with E-state index in [0.717, 1.165) is 16.9 Å². The molecule has 3 heterocycles. The molecule has 1 atom stereocenters. The number of hydrogen-bond donors (Lipinski definition) is 0. The first kappa shape index (κ1) is 18.2. The topological polar surface area (TPSA) is 72.0 Å². The molecule has 0 bridgehead atoms. The molecule has 1 unspecified atom stereocenters. The number of amides is 3. The Morgan fingerprint density at radius 3 is 2.57 bits per heavy atom. The standard InChI is InChI=1S/C23H19N2O5/c1-28-16-10-8-15(9-11-16)13-24-20-18-6-2-3-7-19(18)30-21(20)22(26)25(23(24)27)14-17-5-4-12-29-17/h2-12,21H,13-14H2,1H3/q+1. The highest BCUT2D eigenvalue weighted by molar-refractivity contribution is 6.21. The van der Waals surface area contributed by atoms with Crippen molar-refractivity contribution in [1.29, 1.82) is 0 Å². The van der Waals surface area contributed by atoms with Crippen LogP contribution in [0, 0.1) is 0 Å². The number of carbonyl (C=O) groups is 2. The molecule has 0 radical (unpaired) electrons. The van der Waals surface area contributed by atoms with Crippen molar-refractivity contribution in [3.8, 4) is 11.5 Å². The van der Waals surface area contributed by atoms with E-state index in [1.165, 1.54) is 11.2 Å². The summed E-state index contributed by atoms with van der Waals surface area (Å²) in [6, 6.07) is 17.9. The van der Waals surface area contributed by atoms with Gasteiger partial charge in [-0.05, 0) is 42.0 Å². The molecule has 2 aromatic carbocycles. The minimum atomic E-state index is -0.867. The normalized spacial score (nSPS) is 17.6. The number of imide groups is 1. The van der Waals surface area contributed by atoms with E-state index in [4.69, 9.17) is 13.9 Å². The minimum Gasteiger partial charge on any atom is -0.497 e. The fraction of sp³-hybridized carbons (Fsp3) is 0.174. The number of carbonyl (C=O) groups excluding carboxylic acids is 2. The van der Waals surface area contributed by atoms with Crippen molar-refractivity contribution in [2.24, 2.45) is 0 Å². The Kier molecular flexibility index (Phi) is 4.35. The zero-order valence-electron chi connectivity index (χ0n) is 16.3. The number of urea groups is 1. The zero-order chi connectivity index (χ0) is 20.7. The maximum Gasteiger partial charge on any atom is 0.501 e. The van der Waals surface area contributed by atoms with E-state index < -0.39 is 18.0 Å². The lowest BCUT2D eigenvalue weighted by Gasteiger charge is -2.24. The highest BCUT2D eigenvalue weighted by Crippen LogP contribution is 2.33. The van der Waals surface area contributed by atoms with Crippen molar-refractivity contribution in [1.82, 2.24) is 4.90 Å². The van der Waals surface area contributed by atoms with E-state index in [2.05, 4.69) is 0 Å². The van der Waals surface area contributed by atoms with E-state index >= 15 is 0 Å². The van der Waals surface area contributed by atoms with Crippen LogP contribution < -0.4 is 9.47 Å². The summed E-state index contributed by atoms with van der Waals surface area (Å²) < 4.78 is 18.1. The number of methoxy groups -OCH3 is 1. The van der Waals surface area contributed by atoms with Crippen molar-refractivity contribution in [3.63, 3.8) is 0 Å². The first-order chi connectivity index (χ1) is 14.7. The average molecular weight is 403 g/mol. The minimum absolute atomic E-state index is 0.0489.